The highest BCUT2D eigenvalue weighted by Crippen LogP contribution is 2.38. The van der Waals surface area contributed by atoms with E-state index < -0.39 is 46.6 Å². The molecule has 0 aliphatic heterocycles. The van der Waals surface area contributed by atoms with Gasteiger partial charge in [-0.1, -0.05) is 27.7 Å². The molecular formula is C16H30N4O6. The zero-order valence-corrected chi connectivity index (χ0v) is 15.7. The maximum Gasteiger partial charge on any atom is 0.303 e. The number of hydrogen-bond donors (Lipinski definition) is 6. The molecule has 2 atom stereocenters. The van der Waals surface area contributed by atoms with Gasteiger partial charge >= 0.3 is 5.97 Å². The highest BCUT2D eigenvalue weighted by molar-refractivity contribution is 5.90. The average molecular weight is 374 g/mol. The third kappa shape index (κ3) is 8.26. The van der Waals surface area contributed by atoms with Crippen molar-refractivity contribution >= 4 is 23.7 Å². The van der Waals surface area contributed by atoms with E-state index in [9.17, 15) is 19.2 Å². The smallest absolute Gasteiger partial charge is 0.303 e. The van der Waals surface area contributed by atoms with Crippen LogP contribution in [0.4, 0.5) is 0 Å². The summed E-state index contributed by atoms with van der Waals surface area (Å²) in [5.41, 5.74) is 11.1. The van der Waals surface area contributed by atoms with E-state index in [0.29, 0.717) is 6.42 Å². The molecule has 26 heavy (non-hydrogen) atoms. The Bertz CT molecular complexity index is 547. The van der Waals surface area contributed by atoms with Crippen molar-refractivity contribution in [2.75, 3.05) is 0 Å². The van der Waals surface area contributed by atoms with Gasteiger partial charge in [-0.2, -0.15) is 0 Å². The van der Waals surface area contributed by atoms with Gasteiger partial charge in [0, 0.05) is 6.42 Å². The highest BCUT2D eigenvalue weighted by Gasteiger charge is 2.39. The molecule has 3 amide bonds. The number of primary amides is 1. The summed E-state index contributed by atoms with van der Waals surface area (Å²) in [6.07, 6.45) is 0.00568. The highest BCUT2D eigenvalue weighted by atomic mass is 16.5. The Labute approximate surface area is 152 Å². The molecule has 2 unspecified atom stereocenters. The van der Waals surface area contributed by atoms with Crippen LogP contribution in [0.3, 0.4) is 0 Å². The molecule has 0 aliphatic carbocycles. The molecule has 0 radical (unpaired) electrons. The third-order valence-electron chi connectivity index (χ3n) is 4.11. The van der Waals surface area contributed by atoms with Gasteiger partial charge in [0.15, 0.2) is 0 Å². The van der Waals surface area contributed by atoms with E-state index in [1.807, 2.05) is 0 Å². The number of hydrogen-bond acceptors (Lipinski definition) is 6. The maximum atomic E-state index is 12.4. The molecule has 0 aromatic carbocycles. The Balaban J connectivity index is 5.10. The first-order chi connectivity index (χ1) is 11.7. The van der Waals surface area contributed by atoms with E-state index in [0.717, 1.165) is 0 Å². The number of carboxylic acid groups (broad SMARTS) is 1. The second-order valence-corrected chi connectivity index (χ2v) is 7.92. The van der Waals surface area contributed by atoms with Gasteiger partial charge in [0.25, 0.3) is 5.91 Å². The van der Waals surface area contributed by atoms with Crippen LogP contribution in [0.5, 0.6) is 0 Å². The van der Waals surface area contributed by atoms with Crippen LogP contribution in [0.2, 0.25) is 0 Å². The molecule has 0 aromatic rings. The van der Waals surface area contributed by atoms with Gasteiger partial charge in [0.2, 0.25) is 11.8 Å². The summed E-state index contributed by atoms with van der Waals surface area (Å²) < 4.78 is 0. The predicted molar refractivity (Wildman–Crippen MR) is 92.7 cm³/mol. The fraction of sp³-hybridized carbons (Fsp3) is 0.750. The van der Waals surface area contributed by atoms with Gasteiger partial charge in [-0.15, -0.1) is 0 Å². The van der Waals surface area contributed by atoms with Crippen molar-refractivity contribution in [2.45, 2.75) is 65.5 Å². The number of carbonyl (C=O) groups is 4. The number of aliphatic carboxylic acids is 1. The predicted octanol–water partition coefficient (Wildman–Crippen LogP) is -0.513. The number of carbonyl (C=O) groups excluding carboxylic acids is 3. The van der Waals surface area contributed by atoms with Crippen molar-refractivity contribution in [3.8, 4) is 0 Å². The van der Waals surface area contributed by atoms with E-state index in [2.05, 4.69) is 5.32 Å². The van der Waals surface area contributed by atoms with Crippen molar-refractivity contribution in [1.29, 1.82) is 0 Å². The summed E-state index contributed by atoms with van der Waals surface area (Å²) in [5, 5.41) is 20.1. The Morgan fingerprint density at radius 1 is 1.08 bits per heavy atom. The standard InChI is InChI=1S/C16H30N4O6/c1-15(2,7-11(22)23)8-16(3,4)12(18)14(25)19-9(13(24)20-26)5-6-10(17)21/h9,12,26H,5-8,18H2,1-4H3,(H2,17,21)(H,19,25)(H,20,24)(H,22,23). The van der Waals surface area contributed by atoms with Crippen molar-refractivity contribution < 1.29 is 29.5 Å². The van der Waals surface area contributed by atoms with Crippen LogP contribution < -0.4 is 22.3 Å². The molecule has 150 valence electrons. The van der Waals surface area contributed by atoms with E-state index in [-0.39, 0.29) is 19.3 Å². The first kappa shape index (κ1) is 23.8. The number of carboxylic acids is 1. The minimum Gasteiger partial charge on any atom is -0.481 e. The second-order valence-electron chi connectivity index (χ2n) is 7.92. The largest absolute Gasteiger partial charge is 0.481 e. The molecule has 0 spiro atoms. The van der Waals surface area contributed by atoms with Crippen molar-refractivity contribution in [2.24, 2.45) is 22.3 Å². The molecule has 10 heteroatoms. The topological polar surface area (TPSA) is 185 Å². The van der Waals surface area contributed by atoms with Gasteiger partial charge in [0.05, 0.1) is 12.5 Å². The summed E-state index contributed by atoms with van der Waals surface area (Å²) >= 11 is 0. The lowest BCUT2D eigenvalue weighted by atomic mass is 9.69. The molecule has 0 aromatic heterocycles. The van der Waals surface area contributed by atoms with Crippen LogP contribution in [-0.2, 0) is 19.2 Å². The summed E-state index contributed by atoms with van der Waals surface area (Å²) in [6.45, 7) is 6.99. The number of rotatable bonds is 11. The lowest BCUT2D eigenvalue weighted by Crippen LogP contribution is -2.56. The van der Waals surface area contributed by atoms with Crippen LogP contribution in [-0.4, -0.2) is 46.1 Å². The molecule has 8 N–H and O–H groups in total. The molecule has 0 rings (SSSR count). The first-order valence-electron chi connectivity index (χ1n) is 8.22. The van der Waals surface area contributed by atoms with E-state index in [1.165, 1.54) is 5.48 Å². The van der Waals surface area contributed by atoms with Crippen LogP contribution >= 0.6 is 0 Å². The first-order valence-corrected chi connectivity index (χ1v) is 8.22. The lowest BCUT2D eigenvalue weighted by molar-refractivity contribution is -0.140. The molecule has 0 saturated heterocycles. The second kappa shape index (κ2) is 9.48. The van der Waals surface area contributed by atoms with Crippen molar-refractivity contribution in [3.05, 3.63) is 0 Å². The van der Waals surface area contributed by atoms with Gasteiger partial charge in [-0.3, -0.25) is 24.4 Å². The average Bonchev–Trinajstić information content (AvgIpc) is 2.46. The van der Waals surface area contributed by atoms with Crippen molar-refractivity contribution in [3.63, 3.8) is 0 Å². The van der Waals surface area contributed by atoms with Gasteiger partial charge in [-0.05, 0) is 23.7 Å². The van der Waals surface area contributed by atoms with Gasteiger partial charge < -0.3 is 21.9 Å². The normalized spacial score (nSPS) is 14.2. The summed E-state index contributed by atoms with van der Waals surface area (Å²) in [4.78, 5) is 45.9. The molecule has 0 aliphatic rings. The van der Waals surface area contributed by atoms with E-state index in [4.69, 9.17) is 21.8 Å². The van der Waals surface area contributed by atoms with Crippen molar-refractivity contribution in [1.82, 2.24) is 10.8 Å². The zero-order valence-electron chi connectivity index (χ0n) is 15.7. The Kier molecular flexibility index (Phi) is 8.68. The molecule has 0 heterocycles. The minimum atomic E-state index is -1.17. The molecule has 0 saturated carbocycles. The fourth-order valence-corrected chi connectivity index (χ4v) is 3.06. The Hall–Kier alpha value is -2.20. The molecular weight excluding hydrogens is 344 g/mol. The number of amides is 3. The van der Waals surface area contributed by atoms with E-state index in [1.54, 1.807) is 27.7 Å². The quantitative estimate of drug-likeness (QED) is 0.207. The Morgan fingerprint density at radius 3 is 2.04 bits per heavy atom. The summed E-state index contributed by atoms with van der Waals surface area (Å²) in [7, 11) is 0. The monoisotopic (exact) mass is 374 g/mol. The van der Waals surface area contributed by atoms with Crippen LogP contribution in [0, 0.1) is 10.8 Å². The maximum absolute atomic E-state index is 12.4. The van der Waals surface area contributed by atoms with Crippen LogP contribution in [0.15, 0.2) is 0 Å². The molecule has 10 nitrogen and oxygen atoms in total. The lowest BCUT2D eigenvalue weighted by Gasteiger charge is -2.38. The molecule has 0 bridgehead atoms. The van der Waals surface area contributed by atoms with Gasteiger partial charge in [0.1, 0.15) is 6.04 Å². The summed E-state index contributed by atoms with van der Waals surface area (Å²) in [6, 6.07) is -2.22. The SMILES string of the molecule is CC(C)(CC(=O)O)CC(C)(C)C(N)C(=O)NC(CCC(N)=O)C(=O)NO. The number of nitrogens with one attached hydrogen (secondary N) is 2. The summed E-state index contributed by atoms with van der Waals surface area (Å²) in [5.74, 6) is -3.15. The number of hydroxylamine groups is 1. The van der Waals surface area contributed by atoms with Crippen LogP contribution in [0.25, 0.3) is 0 Å². The van der Waals surface area contributed by atoms with Crippen LogP contribution in [0.1, 0.15) is 53.4 Å². The number of nitrogens with two attached hydrogens (primary N) is 2. The van der Waals surface area contributed by atoms with E-state index >= 15 is 0 Å². The minimum absolute atomic E-state index is 0.0844. The zero-order chi connectivity index (χ0) is 20.7. The Morgan fingerprint density at radius 2 is 1.62 bits per heavy atom. The molecule has 0 fully saturated rings. The third-order valence-corrected chi connectivity index (χ3v) is 4.11. The van der Waals surface area contributed by atoms with Gasteiger partial charge in [-0.25, -0.2) is 5.48 Å². The fourth-order valence-electron chi connectivity index (χ4n) is 3.06.